The van der Waals surface area contributed by atoms with Crippen LogP contribution in [0, 0.1) is 5.92 Å². The van der Waals surface area contributed by atoms with E-state index < -0.39 is 6.09 Å². The number of nitrogens with one attached hydrogen (secondary N) is 1. The average molecular weight is 212 g/mol. The van der Waals surface area contributed by atoms with Crippen molar-refractivity contribution in [3.8, 4) is 0 Å². The lowest BCUT2D eigenvalue weighted by atomic mass is 9.86. The first-order valence-electron chi connectivity index (χ1n) is 5.68. The normalized spacial score (nSPS) is 17.9. The van der Waals surface area contributed by atoms with Crippen LogP contribution in [0.1, 0.15) is 44.9 Å². The van der Waals surface area contributed by atoms with E-state index in [9.17, 15) is 4.79 Å². The summed E-state index contributed by atoms with van der Waals surface area (Å²) in [5.74, 6) is 0.864. The zero-order valence-electron chi connectivity index (χ0n) is 9.37. The fraction of sp³-hybridized carbons (Fsp3) is 0.818. The SMILES string of the molecule is COC(=O)N/N=C/CCC1CCCCC1. The van der Waals surface area contributed by atoms with Crippen molar-refractivity contribution in [2.45, 2.75) is 44.9 Å². The molecule has 1 fully saturated rings. The van der Waals surface area contributed by atoms with Crippen LogP contribution >= 0.6 is 0 Å². The monoisotopic (exact) mass is 212 g/mol. The van der Waals surface area contributed by atoms with Gasteiger partial charge < -0.3 is 4.74 Å². The number of nitrogens with zero attached hydrogens (tertiary/aromatic N) is 1. The van der Waals surface area contributed by atoms with E-state index >= 15 is 0 Å². The molecule has 1 aliphatic carbocycles. The van der Waals surface area contributed by atoms with Gasteiger partial charge in [0, 0.05) is 6.21 Å². The first-order valence-corrected chi connectivity index (χ1v) is 5.68. The van der Waals surface area contributed by atoms with Gasteiger partial charge in [-0.15, -0.1) is 0 Å². The number of hydrogen-bond acceptors (Lipinski definition) is 3. The zero-order chi connectivity index (χ0) is 10.9. The highest BCUT2D eigenvalue weighted by molar-refractivity contribution is 5.68. The second kappa shape index (κ2) is 7.26. The summed E-state index contributed by atoms with van der Waals surface area (Å²) in [6, 6.07) is 0. The summed E-state index contributed by atoms with van der Waals surface area (Å²) < 4.78 is 4.38. The van der Waals surface area contributed by atoms with E-state index in [0.29, 0.717) is 0 Å². The van der Waals surface area contributed by atoms with Crippen LogP contribution in [-0.2, 0) is 4.74 Å². The molecule has 0 spiro atoms. The number of methoxy groups -OCH3 is 1. The Kier molecular flexibility index (Phi) is 5.81. The van der Waals surface area contributed by atoms with E-state index in [1.54, 1.807) is 6.21 Å². The second-order valence-electron chi connectivity index (χ2n) is 4.00. The molecule has 1 saturated carbocycles. The number of hydrazone groups is 1. The predicted molar refractivity (Wildman–Crippen MR) is 59.8 cm³/mol. The highest BCUT2D eigenvalue weighted by Crippen LogP contribution is 2.26. The standard InChI is InChI=1S/C11H20N2O2/c1-15-11(14)13-12-9-5-8-10-6-3-2-4-7-10/h9-10H,2-8H2,1H3,(H,13,14)/b12-9+. The summed E-state index contributed by atoms with van der Waals surface area (Å²) in [5, 5.41) is 3.78. The van der Waals surface area contributed by atoms with Gasteiger partial charge in [0.05, 0.1) is 7.11 Å². The Balaban J connectivity index is 2.02. The van der Waals surface area contributed by atoms with Crippen LogP contribution < -0.4 is 5.43 Å². The Hall–Kier alpha value is -1.06. The van der Waals surface area contributed by atoms with Crippen LogP contribution in [0.2, 0.25) is 0 Å². The maximum Gasteiger partial charge on any atom is 0.427 e. The first kappa shape index (κ1) is 12.0. The van der Waals surface area contributed by atoms with Gasteiger partial charge in [0.1, 0.15) is 0 Å². The summed E-state index contributed by atoms with van der Waals surface area (Å²) in [7, 11) is 1.33. The largest absolute Gasteiger partial charge is 0.452 e. The van der Waals surface area contributed by atoms with Gasteiger partial charge in [-0.25, -0.2) is 10.2 Å². The van der Waals surface area contributed by atoms with Crippen molar-refractivity contribution in [2.75, 3.05) is 7.11 Å². The Morgan fingerprint density at radius 2 is 2.20 bits per heavy atom. The molecule has 0 bridgehead atoms. The molecule has 0 radical (unpaired) electrons. The second-order valence-corrected chi connectivity index (χ2v) is 4.00. The lowest BCUT2D eigenvalue weighted by Gasteiger charge is -2.20. The average Bonchev–Trinajstić information content (AvgIpc) is 2.29. The number of ether oxygens (including phenoxy) is 1. The third-order valence-corrected chi connectivity index (χ3v) is 2.86. The molecular weight excluding hydrogens is 192 g/mol. The van der Waals surface area contributed by atoms with Gasteiger partial charge >= 0.3 is 6.09 Å². The molecule has 1 amide bonds. The lowest BCUT2D eigenvalue weighted by Crippen LogP contribution is -2.16. The molecular formula is C11H20N2O2. The molecule has 0 saturated heterocycles. The zero-order valence-corrected chi connectivity index (χ0v) is 9.37. The van der Waals surface area contributed by atoms with E-state index in [0.717, 1.165) is 12.3 Å². The third-order valence-electron chi connectivity index (χ3n) is 2.86. The van der Waals surface area contributed by atoms with Crippen LogP contribution in [0.3, 0.4) is 0 Å². The predicted octanol–water partition coefficient (Wildman–Crippen LogP) is 2.69. The van der Waals surface area contributed by atoms with Crippen LogP contribution in [-0.4, -0.2) is 19.4 Å². The molecule has 1 rings (SSSR count). The van der Waals surface area contributed by atoms with Crippen LogP contribution in [0.25, 0.3) is 0 Å². The molecule has 0 aromatic heterocycles. The van der Waals surface area contributed by atoms with Gasteiger partial charge in [-0.1, -0.05) is 32.1 Å². The molecule has 0 atom stereocenters. The van der Waals surface area contributed by atoms with E-state index in [1.165, 1.54) is 45.6 Å². The first-order chi connectivity index (χ1) is 7.33. The topological polar surface area (TPSA) is 50.7 Å². The summed E-state index contributed by atoms with van der Waals surface area (Å²) >= 11 is 0. The van der Waals surface area contributed by atoms with Crippen molar-refractivity contribution in [2.24, 2.45) is 11.0 Å². The number of rotatable bonds is 4. The lowest BCUT2D eigenvalue weighted by molar-refractivity contribution is 0.171. The van der Waals surface area contributed by atoms with Crippen LogP contribution in [0.5, 0.6) is 0 Å². The maximum absolute atomic E-state index is 10.6. The number of carbonyl (C=O) groups excluding carboxylic acids is 1. The van der Waals surface area contributed by atoms with Gasteiger partial charge in [0.25, 0.3) is 0 Å². The molecule has 86 valence electrons. The summed E-state index contributed by atoms with van der Waals surface area (Å²) in [5.41, 5.74) is 2.28. The summed E-state index contributed by atoms with van der Waals surface area (Å²) in [6.45, 7) is 0. The molecule has 0 aliphatic heterocycles. The maximum atomic E-state index is 10.6. The van der Waals surface area contributed by atoms with E-state index in [1.807, 2.05) is 0 Å². The molecule has 0 aromatic carbocycles. The van der Waals surface area contributed by atoms with Crippen molar-refractivity contribution in [1.82, 2.24) is 5.43 Å². The molecule has 0 aromatic rings. The molecule has 0 unspecified atom stereocenters. The van der Waals surface area contributed by atoms with Crippen LogP contribution in [0.15, 0.2) is 5.10 Å². The summed E-state index contributed by atoms with van der Waals surface area (Å²) in [4.78, 5) is 10.6. The highest BCUT2D eigenvalue weighted by atomic mass is 16.5. The van der Waals surface area contributed by atoms with Gasteiger partial charge in [0.2, 0.25) is 0 Å². The summed E-state index contributed by atoms with van der Waals surface area (Å²) in [6.07, 6.45) is 10.2. The van der Waals surface area contributed by atoms with Crippen molar-refractivity contribution < 1.29 is 9.53 Å². The van der Waals surface area contributed by atoms with E-state index in [4.69, 9.17) is 0 Å². The number of amides is 1. The molecule has 4 heteroatoms. The van der Waals surface area contributed by atoms with Crippen molar-refractivity contribution in [1.29, 1.82) is 0 Å². The minimum absolute atomic E-state index is 0.510. The minimum atomic E-state index is -0.510. The minimum Gasteiger partial charge on any atom is -0.452 e. The smallest absolute Gasteiger partial charge is 0.427 e. The molecule has 1 aliphatic rings. The molecule has 15 heavy (non-hydrogen) atoms. The van der Waals surface area contributed by atoms with Crippen molar-refractivity contribution >= 4 is 12.3 Å². The molecule has 1 N–H and O–H groups in total. The van der Waals surface area contributed by atoms with Gasteiger partial charge in [-0.3, -0.25) is 0 Å². The fourth-order valence-electron chi connectivity index (χ4n) is 1.99. The molecule has 4 nitrogen and oxygen atoms in total. The Morgan fingerprint density at radius 1 is 1.47 bits per heavy atom. The number of carbonyl (C=O) groups is 1. The fourth-order valence-corrected chi connectivity index (χ4v) is 1.99. The Bertz CT molecular complexity index is 211. The van der Waals surface area contributed by atoms with Crippen LogP contribution in [0.4, 0.5) is 4.79 Å². The van der Waals surface area contributed by atoms with Crippen molar-refractivity contribution in [3.05, 3.63) is 0 Å². The van der Waals surface area contributed by atoms with E-state index in [-0.39, 0.29) is 0 Å². The highest BCUT2D eigenvalue weighted by Gasteiger charge is 2.11. The Labute approximate surface area is 91.1 Å². The van der Waals surface area contributed by atoms with E-state index in [2.05, 4.69) is 15.3 Å². The quantitative estimate of drug-likeness (QED) is 0.575. The van der Waals surface area contributed by atoms with Gasteiger partial charge in [-0.05, 0) is 18.8 Å². The van der Waals surface area contributed by atoms with Gasteiger partial charge in [0.15, 0.2) is 0 Å². The van der Waals surface area contributed by atoms with Crippen molar-refractivity contribution in [3.63, 3.8) is 0 Å². The third kappa shape index (κ3) is 5.40. The molecule has 0 heterocycles. The number of hydrogen-bond donors (Lipinski definition) is 1. The van der Waals surface area contributed by atoms with Gasteiger partial charge in [-0.2, -0.15) is 5.10 Å². The Morgan fingerprint density at radius 3 is 2.87 bits per heavy atom.